The van der Waals surface area contributed by atoms with Gasteiger partial charge < -0.3 is 0 Å². The molecule has 0 unspecified atom stereocenters. The first kappa shape index (κ1) is 30.5. The fraction of sp³-hybridized carbons (Fsp3) is 0.519. The van der Waals surface area contributed by atoms with E-state index in [1.807, 2.05) is 4.72 Å². The zero-order valence-corrected chi connectivity index (χ0v) is 26.1. The molecule has 2 aromatic rings. The van der Waals surface area contributed by atoms with Crippen molar-refractivity contribution in [3.05, 3.63) is 58.9 Å². The van der Waals surface area contributed by atoms with Crippen molar-refractivity contribution in [3.63, 3.8) is 0 Å². The number of sulfonamides is 2. The van der Waals surface area contributed by atoms with Gasteiger partial charge in [0.25, 0.3) is 5.91 Å². The van der Waals surface area contributed by atoms with Gasteiger partial charge in [-0.15, -0.1) is 0 Å². The van der Waals surface area contributed by atoms with E-state index in [1.165, 1.54) is 39.6 Å². The number of carbonyl (C=O) groups is 1. The van der Waals surface area contributed by atoms with Crippen LogP contribution in [0, 0.1) is 11.7 Å². The van der Waals surface area contributed by atoms with Crippen LogP contribution in [0.15, 0.2) is 41.3 Å². The first-order valence-electron chi connectivity index (χ1n) is 13.3. The van der Waals surface area contributed by atoms with Crippen molar-refractivity contribution in [2.45, 2.75) is 58.5 Å². The molecule has 0 aromatic heterocycles. The summed E-state index contributed by atoms with van der Waals surface area (Å²) in [6.07, 6.45) is 3.64. The van der Waals surface area contributed by atoms with E-state index in [-0.39, 0.29) is 47.6 Å². The fourth-order valence-electron chi connectivity index (χ4n) is 4.83. The Morgan fingerprint density at radius 3 is 2.22 bits per heavy atom. The Labute approximate surface area is 248 Å². The van der Waals surface area contributed by atoms with E-state index in [9.17, 15) is 34.8 Å². The van der Waals surface area contributed by atoms with Gasteiger partial charge in [0.2, 0.25) is 10.0 Å². The summed E-state index contributed by atoms with van der Waals surface area (Å²) < 4.78 is 99.7. The Bertz CT molecular complexity index is 1520. The molecule has 14 heteroatoms. The summed E-state index contributed by atoms with van der Waals surface area (Å²) in [4.78, 5) is 14.0. The Hall–Kier alpha value is -1.91. The molecule has 1 N–H and O–H groups in total. The summed E-state index contributed by atoms with van der Waals surface area (Å²) in [5.74, 6) is -1.48. The summed E-state index contributed by atoms with van der Waals surface area (Å²) >= 11 is -1.38. The monoisotopic (exact) mass is 727 g/mol. The summed E-state index contributed by atoms with van der Waals surface area (Å²) in [6, 6.07) is 7.31. The number of benzene rings is 2. The molecule has 1 saturated heterocycles. The van der Waals surface area contributed by atoms with Crippen LogP contribution >= 0.6 is 0 Å². The predicted octanol–water partition coefficient (Wildman–Crippen LogP) is 1.17. The second-order valence-corrected chi connectivity index (χ2v) is 17.0. The first-order valence-corrected chi connectivity index (χ1v) is 19.6. The quantitative estimate of drug-likeness (QED) is 0.275. The van der Waals surface area contributed by atoms with Crippen LogP contribution in [-0.2, 0) is 24.0 Å². The molecule has 3 fully saturated rings. The van der Waals surface area contributed by atoms with Gasteiger partial charge in [0.05, 0.1) is 10.8 Å². The molecule has 0 bridgehead atoms. The Morgan fingerprint density at radius 2 is 1.66 bits per heavy atom. The number of alkyl halides is 4. The van der Waals surface area contributed by atoms with Crippen LogP contribution in [0.3, 0.4) is 0 Å². The van der Waals surface area contributed by atoms with Crippen molar-refractivity contribution in [1.29, 1.82) is 0 Å². The van der Waals surface area contributed by atoms with E-state index in [1.54, 1.807) is 0 Å². The zero-order valence-electron chi connectivity index (χ0n) is 22.3. The molecule has 0 spiro atoms. The van der Waals surface area contributed by atoms with Gasteiger partial charge in [-0.05, 0) is 43.2 Å². The number of halogens is 4. The van der Waals surface area contributed by atoms with Gasteiger partial charge in [-0.25, -0.2) is 17.5 Å². The molecule has 1 heterocycles. The predicted molar refractivity (Wildman–Crippen MR) is 141 cm³/mol. The third kappa shape index (κ3) is 6.85. The van der Waals surface area contributed by atoms with Crippen molar-refractivity contribution < 1.29 is 60.7 Å². The molecule has 2 saturated carbocycles. The molecule has 0 radical (unpaired) electrons. The number of carbonyl (C=O) groups excluding carboxylic acids is 1. The van der Waals surface area contributed by atoms with Gasteiger partial charge >= 0.3 is 140 Å². The van der Waals surface area contributed by atoms with E-state index in [0.717, 1.165) is 18.9 Å². The van der Waals surface area contributed by atoms with Crippen molar-refractivity contribution in [2.75, 3.05) is 24.6 Å². The zero-order chi connectivity index (χ0) is 29.6. The van der Waals surface area contributed by atoms with Crippen molar-refractivity contribution in [2.24, 2.45) is 5.92 Å². The van der Waals surface area contributed by atoms with Gasteiger partial charge in [-0.2, -0.15) is 0 Å². The van der Waals surface area contributed by atoms with Crippen LogP contribution in [0.5, 0.6) is 5.75 Å². The minimum atomic E-state index is -3.84. The van der Waals surface area contributed by atoms with Crippen molar-refractivity contribution >= 4 is 26.0 Å². The maximum absolute atomic E-state index is 14.9. The number of ether oxygens (including phenoxy) is 1. The molecule has 5 rings (SSSR count). The molecular weight excluding hydrogens is 696 g/mol. The van der Waals surface area contributed by atoms with Gasteiger partial charge in [0.1, 0.15) is 11.6 Å². The Balaban J connectivity index is 1.20. The average Bonchev–Trinajstić information content (AvgIpc) is 3.85. The van der Waals surface area contributed by atoms with Crippen LogP contribution in [0.2, 0.25) is 0 Å². The minimum absolute atomic E-state index is 0.00206. The van der Waals surface area contributed by atoms with Gasteiger partial charge in [-0.3, -0.25) is 4.79 Å². The normalized spacial score (nSPS) is 19.3. The van der Waals surface area contributed by atoms with Crippen LogP contribution < -0.4 is 30.7 Å². The van der Waals surface area contributed by atoms with E-state index < -0.39 is 62.2 Å². The van der Waals surface area contributed by atoms with Gasteiger partial charge in [0, 0.05) is 6.07 Å². The number of nitrogens with zero attached hydrogens (tertiary/aromatic N) is 1. The number of hydrogen-bond acceptors (Lipinski definition) is 6. The summed E-state index contributed by atoms with van der Waals surface area (Å²) in [5.41, 5.74) is 0.135. The molecular formula is C27H31F3IN2O6S2-. The van der Waals surface area contributed by atoms with Gasteiger partial charge in [-0.1, -0.05) is 0 Å². The molecule has 41 heavy (non-hydrogen) atoms. The second-order valence-electron chi connectivity index (χ2n) is 10.7. The van der Waals surface area contributed by atoms with Crippen LogP contribution in [-0.4, -0.2) is 56.9 Å². The fourth-order valence-corrected chi connectivity index (χ4v) is 8.57. The van der Waals surface area contributed by atoms with E-state index >= 15 is 0 Å². The number of hydrogen-bond donors (Lipinski definition) is 1. The third-order valence-electron chi connectivity index (χ3n) is 7.66. The standard InChI is InChI=1S/C27H31F3IN2O6S2/c1-31-27(29,30)19-4-6-21(7-5-19)41(37,38)33-12-10-17(11-13-33)16-39-25-15-24(28)23(14-22(25)18-2-3-18)26(34)32-40(35,36)20-8-9-20/h4-7,14-15,17-18,20H,2-3,8-13,16H2,1H3,(H,32,34)/q-1. The molecule has 8 nitrogen and oxygen atoms in total. The molecule has 1 aliphatic heterocycles. The van der Waals surface area contributed by atoms with Crippen LogP contribution in [0.1, 0.15) is 65.9 Å². The maximum atomic E-state index is 14.9. The SMILES string of the molecule is C[I-]C(F)(F)c1ccc(S(=O)(=O)N2CCC(COc3cc(F)c(C(=O)NS(=O)(=O)C4CC4)cc3C3CC3)CC2)cc1. The topological polar surface area (TPSA) is 110 Å². The molecule has 1 amide bonds. The summed E-state index contributed by atoms with van der Waals surface area (Å²) in [6.45, 7) is 0.679. The first-order chi connectivity index (χ1) is 19.3. The third-order valence-corrected chi connectivity index (χ3v) is 13.4. The molecule has 2 aromatic carbocycles. The Morgan fingerprint density at radius 1 is 1.02 bits per heavy atom. The number of amides is 1. The summed E-state index contributed by atoms with van der Waals surface area (Å²) in [7, 11) is -7.66. The molecule has 3 aliphatic rings. The van der Waals surface area contributed by atoms with Crippen LogP contribution in [0.25, 0.3) is 0 Å². The number of rotatable bonds is 11. The Kier molecular flexibility index (Phi) is 8.67. The van der Waals surface area contributed by atoms with Crippen LogP contribution in [0.4, 0.5) is 13.2 Å². The van der Waals surface area contributed by atoms with Crippen molar-refractivity contribution in [3.8, 4) is 5.75 Å². The van der Waals surface area contributed by atoms with E-state index in [2.05, 4.69) is 0 Å². The number of nitrogens with one attached hydrogen (secondary N) is 1. The molecule has 2 aliphatic carbocycles. The summed E-state index contributed by atoms with van der Waals surface area (Å²) in [5, 5.41) is -0.609. The number of piperidine rings is 1. The van der Waals surface area contributed by atoms with Crippen molar-refractivity contribution in [1.82, 2.24) is 9.03 Å². The van der Waals surface area contributed by atoms with E-state index in [0.29, 0.717) is 37.0 Å². The average molecular weight is 728 g/mol. The molecule has 0 atom stereocenters. The van der Waals surface area contributed by atoms with Gasteiger partial charge in [0.15, 0.2) is 0 Å². The molecule has 226 valence electrons. The second kappa shape index (κ2) is 11.6. The van der Waals surface area contributed by atoms with E-state index in [4.69, 9.17) is 4.74 Å².